The second-order valence-corrected chi connectivity index (χ2v) is 6.74. The predicted octanol–water partition coefficient (Wildman–Crippen LogP) is 2.50. The highest BCUT2D eigenvalue weighted by Crippen LogP contribution is 2.55. The van der Waals surface area contributed by atoms with Gasteiger partial charge in [0.25, 0.3) is 5.79 Å². The maximum Gasteiger partial charge on any atom is 0.303 e. The minimum atomic E-state index is -1.84. The van der Waals surface area contributed by atoms with Gasteiger partial charge in [-0.05, 0) is 35.7 Å². The molecule has 0 saturated heterocycles. The Morgan fingerprint density at radius 3 is 2.15 bits per heavy atom. The lowest BCUT2D eigenvalue weighted by atomic mass is 9.74. The van der Waals surface area contributed by atoms with Gasteiger partial charge in [-0.3, -0.25) is 14.4 Å². The van der Waals surface area contributed by atoms with Crippen LogP contribution in [0.4, 0.5) is 0 Å². The predicted molar refractivity (Wildman–Crippen MR) is 94.2 cm³/mol. The first kappa shape index (κ1) is 15.8. The Morgan fingerprint density at radius 2 is 1.59 bits per heavy atom. The molecule has 0 fully saturated rings. The molecule has 0 aromatic heterocycles. The standard InChI is InChI=1S/C21H14O6/c1-12(22)25-18-10-11-20(21(18)16(23)8-9-17(21)24)26-14-6-2-4-13-5-3-7-15(27-20)19(13)14/h2-11,18H,1H3. The molecule has 0 saturated carbocycles. The molecule has 0 amide bonds. The van der Waals surface area contributed by atoms with E-state index in [1.165, 1.54) is 31.2 Å². The molecule has 1 aliphatic heterocycles. The molecule has 1 atom stereocenters. The third kappa shape index (κ3) is 1.82. The van der Waals surface area contributed by atoms with Crippen molar-refractivity contribution < 1.29 is 28.6 Å². The van der Waals surface area contributed by atoms with Gasteiger partial charge < -0.3 is 14.2 Å². The van der Waals surface area contributed by atoms with Crippen LogP contribution in [-0.4, -0.2) is 29.4 Å². The molecule has 6 heteroatoms. The molecule has 134 valence electrons. The quantitative estimate of drug-likeness (QED) is 0.441. The van der Waals surface area contributed by atoms with Gasteiger partial charge in [0.15, 0.2) is 11.6 Å². The van der Waals surface area contributed by atoms with Crippen LogP contribution in [0.1, 0.15) is 6.92 Å². The smallest absolute Gasteiger partial charge is 0.303 e. The van der Waals surface area contributed by atoms with Crippen molar-refractivity contribution in [3.8, 4) is 11.5 Å². The van der Waals surface area contributed by atoms with Crippen molar-refractivity contribution in [1.29, 1.82) is 0 Å². The number of hydrogen-bond acceptors (Lipinski definition) is 6. The number of esters is 1. The van der Waals surface area contributed by atoms with Crippen LogP contribution in [0.15, 0.2) is 60.7 Å². The number of carbonyl (C=O) groups is 3. The summed E-state index contributed by atoms with van der Waals surface area (Å²) in [6.45, 7) is 1.22. The first-order valence-corrected chi connectivity index (χ1v) is 8.51. The van der Waals surface area contributed by atoms with Crippen LogP contribution in [0.25, 0.3) is 10.8 Å². The highest BCUT2D eigenvalue weighted by molar-refractivity contribution is 6.24. The lowest BCUT2D eigenvalue weighted by Crippen LogP contribution is -2.64. The number of benzene rings is 2. The van der Waals surface area contributed by atoms with Crippen LogP contribution in [-0.2, 0) is 19.1 Å². The van der Waals surface area contributed by atoms with Crippen LogP contribution < -0.4 is 9.47 Å². The number of carbonyl (C=O) groups excluding carboxylic acids is 3. The molecular formula is C21H14O6. The van der Waals surface area contributed by atoms with Gasteiger partial charge in [-0.15, -0.1) is 0 Å². The molecule has 2 spiro atoms. The molecule has 3 aliphatic rings. The molecule has 0 N–H and O–H groups in total. The molecule has 6 nitrogen and oxygen atoms in total. The van der Waals surface area contributed by atoms with Crippen LogP contribution in [0.2, 0.25) is 0 Å². The second kappa shape index (κ2) is 5.07. The topological polar surface area (TPSA) is 78.9 Å². The van der Waals surface area contributed by atoms with E-state index in [9.17, 15) is 14.4 Å². The first-order chi connectivity index (χ1) is 13.0. The van der Waals surface area contributed by atoms with Crippen molar-refractivity contribution in [2.75, 3.05) is 0 Å². The monoisotopic (exact) mass is 362 g/mol. The Kier molecular flexibility index (Phi) is 2.97. The maximum atomic E-state index is 12.9. The molecule has 27 heavy (non-hydrogen) atoms. The molecule has 2 aromatic rings. The van der Waals surface area contributed by atoms with E-state index in [1.807, 2.05) is 24.3 Å². The number of ketones is 2. The average Bonchev–Trinajstić information content (AvgIpc) is 3.10. The van der Waals surface area contributed by atoms with Crippen molar-refractivity contribution in [2.24, 2.45) is 5.41 Å². The zero-order valence-electron chi connectivity index (χ0n) is 14.3. The van der Waals surface area contributed by atoms with Gasteiger partial charge in [-0.1, -0.05) is 24.3 Å². The van der Waals surface area contributed by atoms with E-state index in [-0.39, 0.29) is 0 Å². The molecule has 5 rings (SSSR count). The number of ether oxygens (including phenoxy) is 3. The van der Waals surface area contributed by atoms with E-state index >= 15 is 0 Å². The van der Waals surface area contributed by atoms with Gasteiger partial charge in [0.2, 0.25) is 5.41 Å². The van der Waals surface area contributed by atoms with E-state index in [1.54, 1.807) is 12.1 Å². The summed E-state index contributed by atoms with van der Waals surface area (Å²) in [5, 5.41) is 1.67. The molecule has 0 bridgehead atoms. The minimum Gasteiger partial charge on any atom is -0.456 e. The fourth-order valence-electron chi connectivity index (χ4n) is 4.17. The number of rotatable bonds is 1. The molecule has 2 aliphatic carbocycles. The third-order valence-electron chi connectivity index (χ3n) is 5.27. The van der Waals surface area contributed by atoms with E-state index in [4.69, 9.17) is 14.2 Å². The van der Waals surface area contributed by atoms with Gasteiger partial charge in [0, 0.05) is 13.0 Å². The first-order valence-electron chi connectivity index (χ1n) is 8.51. The number of fused-ring (bicyclic) bond motifs is 1. The van der Waals surface area contributed by atoms with Gasteiger partial charge in [0.05, 0.1) is 5.39 Å². The SMILES string of the molecule is CC(=O)OC1C=CC2(Oc3cccc4cccc(c34)O2)C12C(=O)C=CC2=O. The van der Waals surface area contributed by atoms with Crippen molar-refractivity contribution in [1.82, 2.24) is 0 Å². The number of hydrogen-bond donors (Lipinski definition) is 0. The van der Waals surface area contributed by atoms with E-state index in [0.29, 0.717) is 11.5 Å². The molecular weight excluding hydrogens is 348 g/mol. The Balaban J connectivity index is 1.73. The Bertz CT molecular complexity index is 1030. The molecule has 2 aromatic carbocycles. The van der Waals surface area contributed by atoms with E-state index in [2.05, 4.69) is 0 Å². The van der Waals surface area contributed by atoms with E-state index < -0.39 is 34.8 Å². The third-order valence-corrected chi connectivity index (χ3v) is 5.27. The van der Waals surface area contributed by atoms with Crippen molar-refractivity contribution in [2.45, 2.75) is 18.8 Å². The average molecular weight is 362 g/mol. The Labute approximate surface area is 154 Å². The number of allylic oxidation sites excluding steroid dienone is 2. The second-order valence-electron chi connectivity index (χ2n) is 6.74. The van der Waals surface area contributed by atoms with Crippen molar-refractivity contribution >= 4 is 28.3 Å². The van der Waals surface area contributed by atoms with Gasteiger partial charge in [-0.25, -0.2) is 0 Å². The summed E-state index contributed by atoms with van der Waals surface area (Å²) < 4.78 is 17.6. The van der Waals surface area contributed by atoms with E-state index in [0.717, 1.165) is 10.8 Å². The van der Waals surface area contributed by atoms with Gasteiger partial charge in [0.1, 0.15) is 17.6 Å². The summed E-state index contributed by atoms with van der Waals surface area (Å²) in [4.78, 5) is 37.5. The lowest BCUT2D eigenvalue weighted by molar-refractivity contribution is -0.194. The lowest BCUT2D eigenvalue weighted by Gasteiger charge is -2.44. The van der Waals surface area contributed by atoms with Crippen LogP contribution in [0.3, 0.4) is 0 Å². The summed E-state index contributed by atoms with van der Waals surface area (Å²) in [6.07, 6.45) is 4.23. The zero-order valence-corrected chi connectivity index (χ0v) is 14.3. The fraction of sp³-hybridized carbons (Fsp3) is 0.190. The summed E-state index contributed by atoms with van der Waals surface area (Å²) in [7, 11) is 0. The summed E-state index contributed by atoms with van der Waals surface area (Å²) in [5.41, 5.74) is -1.84. The zero-order chi connectivity index (χ0) is 18.8. The Morgan fingerprint density at radius 1 is 1.00 bits per heavy atom. The maximum absolute atomic E-state index is 12.9. The van der Waals surface area contributed by atoms with Crippen LogP contribution >= 0.6 is 0 Å². The highest BCUT2D eigenvalue weighted by Gasteiger charge is 2.73. The summed E-state index contributed by atoms with van der Waals surface area (Å²) in [6, 6.07) is 11.0. The van der Waals surface area contributed by atoms with Crippen LogP contribution in [0, 0.1) is 5.41 Å². The van der Waals surface area contributed by atoms with Crippen molar-refractivity contribution in [3.63, 3.8) is 0 Å². The summed E-state index contributed by atoms with van der Waals surface area (Å²) in [5.74, 6) is -2.38. The fourth-order valence-corrected chi connectivity index (χ4v) is 4.17. The molecule has 1 unspecified atom stereocenters. The van der Waals surface area contributed by atoms with Gasteiger partial charge in [-0.2, -0.15) is 0 Å². The van der Waals surface area contributed by atoms with Gasteiger partial charge >= 0.3 is 5.97 Å². The normalized spacial score (nSPS) is 23.1. The summed E-state index contributed by atoms with van der Waals surface area (Å²) >= 11 is 0. The molecule has 1 heterocycles. The molecule has 0 radical (unpaired) electrons. The Hall–Kier alpha value is -3.41. The highest BCUT2D eigenvalue weighted by atomic mass is 16.7. The largest absolute Gasteiger partial charge is 0.456 e. The minimum absolute atomic E-state index is 0.495. The van der Waals surface area contributed by atoms with Crippen molar-refractivity contribution in [3.05, 3.63) is 60.7 Å². The van der Waals surface area contributed by atoms with Crippen LogP contribution in [0.5, 0.6) is 11.5 Å².